The van der Waals surface area contributed by atoms with Gasteiger partial charge in [0.05, 0.1) is 12.8 Å². The van der Waals surface area contributed by atoms with Crippen molar-refractivity contribution in [1.82, 2.24) is 0 Å². The average molecular weight is 317 g/mol. The highest BCUT2D eigenvalue weighted by Crippen LogP contribution is 2.45. The Hall–Kier alpha value is -2.13. The van der Waals surface area contributed by atoms with Crippen LogP contribution < -0.4 is 14.8 Å². The van der Waals surface area contributed by atoms with Gasteiger partial charge in [-0.05, 0) is 6.07 Å². The van der Waals surface area contributed by atoms with Gasteiger partial charge in [0.25, 0.3) is 0 Å². The molecule has 1 amide bonds. The van der Waals surface area contributed by atoms with Crippen molar-refractivity contribution in [3.05, 3.63) is 17.7 Å². The lowest BCUT2D eigenvalue weighted by Crippen LogP contribution is -2.22. The fraction of sp³-hybridized carbons (Fsp3) is 0.364. The standard InChI is InChI=1S/C11H9F6NO3/c1-5(19)18-8-4-6(20-2)3-7(10(12,13)14)9(8)21-11(15,16)17/h3-4H,1-2H3,(H,18,19). The summed E-state index contributed by atoms with van der Waals surface area (Å²) >= 11 is 0. The predicted octanol–water partition coefficient (Wildman–Crippen LogP) is 3.57. The van der Waals surface area contributed by atoms with Gasteiger partial charge in [-0.2, -0.15) is 13.2 Å². The van der Waals surface area contributed by atoms with Gasteiger partial charge in [0.15, 0.2) is 5.75 Å². The van der Waals surface area contributed by atoms with E-state index in [2.05, 4.69) is 9.47 Å². The summed E-state index contributed by atoms with van der Waals surface area (Å²) in [5.74, 6) is -2.81. The highest BCUT2D eigenvalue weighted by molar-refractivity contribution is 5.91. The Kier molecular flexibility index (Phi) is 4.59. The van der Waals surface area contributed by atoms with Gasteiger partial charge in [0.2, 0.25) is 5.91 Å². The fourth-order valence-electron chi connectivity index (χ4n) is 1.44. The van der Waals surface area contributed by atoms with Gasteiger partial charge < -0.3 is 14.8 Å². The van der Waals surface area contributed by atoms with Gasteiger partial charge in [0.1, 0.15) is 11.3 Å². The normalized spacial score (nSPS) is 12.0. The first-order chi connectivity index (χ1) is 9.44. The number of benzene rings is 1. The number of methoxy groups -OCH3 is 1. The molecule has 1 aromatic rings. The molecule has 0 fully saturated rings. The van der Waals surface area contributed by atoms with Crippen LogP contribution >= 0.6 is 0 Å². The SMILES string of the molecule is COc1cc(NC(C)=O)c(OC(F)(F)F)c(C(F)(F)F)c1. The minimum atomic E-state index is -5.36. The third-order valence-corrected chi connectivity index (χ3v) is 2.13. The zero-order valence-electron chi connectivity index (χ0n) is 10.6. The number of carbonyl (C=O) groups is 1. The van der Waals surface area contributed by atoms with Crippen LogP contribution in [-0.2, 0) is 11.0 Å². The molecule has 10 heteroatoms. The highest BCUT2D eigenvalue weighted by atomic mass is 19.4. The Labute approximate surface area is 114 Å². The molecule has 0 aliphatic rings. The summed E-state index contributed by atoms with van der Waals surface area (Å²) < 4.78 is 83.3. The first kappa shape index (κ1) is 16.9. The number of hydrogen-bond acceptors (Lipinski definition) is 3. The fourth-order valence-corrected chi connectivity index (χ4v) is 1.44. The van der Waals surface area contributed by atoms with Gasteiger partial charge in [-0.25, -0.2) is 0 Å². The number of hydrogen-bond donors (Lipinski definition) is 1. The molecule has 0 spiro atoms. The van der Waals surface area contributed by atoms with E-state index in [0.717, 1.165) is 20.1 Å². The van der Waals surface area contributed by atoms with Crippen LogP contribution in [0.2, 0.25) is 0 Å². The topological polar surface area (TPSA) is 47.6 Å². The molecule has 0 unspecified atom stereocenters. The van der Waals surface area contributed by atoms with Gasteiger partial charge in [-0.3, -0.25) is 4.79 Å². The van der Waals surface area contributed by atoms with Crippen LogP contribution in [0.1, 0.15) is 12.5 Å². The Morgan fingerprint density at radius 1 is 1.14 bits per heavy atom. The summed E-state index contributed by atoms with van der Waals surface area (Å²) in [5.41, 5.74) is -2.52. The smallest absolute Gasteiger partial charge is 0.497 e. The van der Waals surface area contributed by atoms with Crippen LogP contribution in [0.3, 0.4) is 0 Å². The van der Waals surface area contributed by atoms with E-state index >= 15 is 0 Å². The summed E-state index contributed by atoms with van der Waals surface area (Å²) in [7, 11) is 1.03. The molecule has 0 aliphatic carbocycles. The summed E-state index contributed by atoms with van der Waals surface area (Å²) in [6, 6.07) is 1.13. The first-order valence-corrected chi connectivity index (χ1v) is 5.26. The molecule has 1 rings (SSSR count). The molecule has 0 atom stereocenters. The maximum atomic E-state index is 12.8. The van der Waals surface area contributed by atoms with Gasteiger partial charge >= 0.3 is 12.5 Å². The molecule has 118 valence electrons. The highest BCUT2D eigenvalue weighted by Gasteiger charge is 2.41. The quantitative estimate of drug-likeness (QED) is 0.867. The van der Waals surface area contributed by atoms with Crippen molar-refractivity contribution in [3.8, 4) is 11.5 Å². The number of anilines is 1. The van der Waals surface area contributed by atoms with Crippen LogP contribution in [0.5, 0.6) is 11.5 Å². The third-order valence-electron chi connectivity index (χ3n) is 2.13. The molecule has 21 heavy (non-hydrogen) atoms. The van der Waals surface area contributed by atoms with E-state index in [9.17, 15) is 31.1 Å². The van der Waals surface area contributed by atoms with E-state index in [0.29, 0.717) is 6.07 Å². The molecule has 4 nitrogen and oxygen atoms in total. The predicted molar refractivity (Wildman–Crippen MR) is 59.0 cm³/mol. The monoisotopic (exact) mass is 317 g/mol. The van der Waals surface area contributed by atoms with Crippen molar-refractivity contribution in [2.75, 3.05) is 12.4 Å². The van der Waals surface area contributed by atoms with E-state index in [1.807, 2.05) is 5.32 Å². The van der Waals surface area contributed by atoms with Crippen LogP contribution in [0.15, 0.2) is 12.1 Å². The Balaban J connectivity index is 3.54. The van der Waals surface area contributed by atoms with E-state index in [1.165, 1.54) is 0 Å². The lowest BCUT2D eigenvalue weighted by molar-refractivity contribution is -0.276. The second-order valence-electron chi connectivity index (χ2n) is 3.78. The van der Waals surface area contributed by atoms with Crippen LogP contribution in [-0.4, -0.2) is 19.4 Å². The van der Waals surface area contributed by atoms with Crippen molar-refractivity contribution in [1.29, 1.82) is 0 Å². The zero-order valence-corrected chi connectivity index (χ0v) is 10.6. The van der Waals surface area contributed by atoms with Gasteiger partial charge in [0, 0.05) is 13.0 Å². The molecule has 0 bridgehead atoms. The largest absolute Gasteiger partial charge is 0.573 e. The number of amides is 1. The van der Waals surface area contributed by atoms with Crippen molar-refractivity contribution in [2.24, 2.45) is 0 Å². The van der Waals surface area contributed by atoms with Crippen LogP contribution in [0.25, 0.3) is 0 Å². The lowest BCUT2D eigenvalue weighted by atomic mass is 10.1. The third kappa shape index (κ3) is 4.72. The van der Waals surface area contributed by atoms with Crippen molar-refractivity contribution in [3.63, 3.8) is 0 Å². The second-order valence-corrected chi connectivity index (χ2v) is 3.78. The van der Waals surface area contributed by atoms with E-state index in [4.69, 9.17) is 0 Å². The van der Waals surface area contributed by atoms with Crippen LogP contribution in [0.4, 0.5) is 32.0 Å². The lowest BCUT2D eigenvalue weighted by Gasteiger charge is -2.19. The molecular formula is C11H9F6NO3. The Bertz CT molecular complexity index is 538. The van der Waals surface area contributed by atoms with Crippen molar-refractivity contribution in [2.45, 2.75) is 19.5 Å². The minimum Gasteiger partial charge on any atom is -0.497 e. The summed E-state index contributed by atoms with van der Waals surface area (Å²) in [5, 5.41) is 1.84. The van der Waals surface area contributed by atoms with Crippen molar-refractivity contribution >= 4 is 11.6 Å². The van der Waals surface area contributed by atoms with Crippen LogP contribution in [0, 0.1) is 0 Å². The zero-order chi connectivity index (χ0) is 16.4. The molecule has 0 heterocycles. The molecule has 0 aromatic heterocycles. The van der Waals surface area contributed by atoms with E-state index < -0.39 is 35.4 Å². The summed E-state index contributed by atoms with van der Waals surface area (Å²) in [4.78, 5) is 10.9. The summed E-state index contributed by atoms with van der Waals surface area (Å²) in [6.45, 7) is 0.921. The number of alkyl halides is 6. The van der Waals surface area contributed by atoms with Gasteiger partial charge in [-0.15, -0.1) is 13.2 Å². The maximum absolute atomic E-state index is 12.8. The first-order valence-electron chi connectivity index (χ1n) is 5.26. The molecule has 1 aromatic carbocycles. The Morgan fingerprint density at radius 3 is 2.10 bits per heavy atom. The minimum absolute atomic E-state index is 0.340. The second kappa shape index (κ2) is 5.70. The maximum Gasteiger partial charge on any atom is 0.573 e. The van der Waals surface area contributed by atoms with Crippen molar-refractivity contribution < 1.29 is 40.6 Å². The average Bonchev–Trinajstić information content (AvgIpc) is 2.27. The number of carbonyl (C=O) groups excluding carboxylic acids is 1. The molecule has 0 saturated heterocycles. The van der Waals surface area contributed by atoms with E-state index in [-0.39, 0.29) is 5.75 Å². The number of halogens is 6. The number of nitrogens with one attached hydrogen (secondary N) is 1. The van der Waals surface area contributed by atoms with E-state index in [1.54, 1.807) is 0 Å². The molecule has 0 radical (unpaired) electrons. The molecule has 0 saturated carbocycles. The Morgan fingerprint density at radius 2 is 1.71 bits per heavy atom. The van der Waals surface area contributed by atoms with Gasteiger partial charge in [-0.1, -0.05) is 0 Å². The summed E-state index contributed by atoms with van der Waals surface area (Å²) in [6.07, 6.45) is -10.5. The molecule has 1 N–H and O–H groups in total. The molecular weight excluding hydrogens is 308 g/mol. The number of ether oxygens (including phenoxy) is 2. The molecule has 0 aliphatic heterocycles. The number of rotatable bonds is 3.